The standard InChI is InChI=1S/C10H15NO3/c1-7-4-3-5-10(12)9(7)6-8(2)11(13)14/h7,9H,2-6H2,1H3/t7-,9+/m0/s1. The van der Waals surface area contributed by atoms with Gasteiger partial charge in [-0.3, -0.25) is 14.9 Å². The second kappa shape index (κ2) is 4.35. The summed E-state index contributed by atoms with van der Waals surface area (Å²) in [6.07, 6.45) is 2.69. The van der Waals surface area contributed by atoms with Gasteiger partial charge in [0.15, 0.2) is 0 Å². The number of nitro groups is 1. The molecule has 0 bridgehead atoms. The monoisotopic (exact) mass is 197 g/mol. The molecule has 0 aliphatic heterocycles. The van der Waals surface area contributed by atoms with Gasteiger partial charge in [-0.2, -0.15) is 0 Å². The summed E-state index contributed by atoms with van der Waals surface area (Å²) in [5.74, 6) is 0.237. The number of carbonyl (C=O) groups is 1. The fraction of sp³-hybridized carbons (Fsp3) is 0.700. The van der Waals surface area contributed by atoms with Crippen LogP contribution in [0, 0.1) is 22.0 Å². The van der Waals surface area contributed by atoms with Crippen LogP contribution in [0.3, 0.4) is 0 Å². The third-order valence-corrected chi connectivity index (χ3v) is 2.90. The molecule has 0 saturated heterocycles. The Hall–Kier alpha value is -1.19. The normalized spacial score (nSPS) is 27.4. The van der Waals surface area contributed by atoms with Crippen molar-refractivity contribution in [1.29, 1.82) is 0 Å². The summed E-state index contributed by atoms with van der Waals surface area (Å²) in [7, 11) is 0. The van der Waals surface area contributed by atoms with Crippen molar-refractivity contribution < 1.29 is 9.72 Å². The molecule has 0 aromatic heterocycles. The van der Waals surface area contributed by atoms with Crippen molar-refractivity contribution >= 4 is 5.78 Å². The van der Waals surface area contributed by atoms with Crippen molar-refractivity contribution in [2.45, 2.75) is 32.6 Å². The molecular weight excluding hydrogens is 182 g/mol. The number of hydrogen-bond donors (Lipinski definition) is 0. The molecule has 0 N–H and O–H groups in total. The van der Waals surface area contributed by atoms with Crippen LogP contribution in [0.25, 0.3) is 0 Å². The maximum Gasteiger partial charge on any atom is 0.239 e. The Balaban J connectivity index is 2.61. The van der Waals surface area contributed by atoms with E-state index in [1.165, 1.54) is 0 Å². The van der Waals surface area contributed by atoms with E-state index in [1.807, 2.05) is 6.92 Å². The number of allylic oxidation sites excluding steroid dienone is 1. The van der Waals surface area contributed by atoms with E-state index in [0.29, 0.717) is 6.42 Å². The van der Waals surface area contributed by atoms with Gasteiger partial charge in [0.05, 0.1) is 4.92 Å². The van der Waals surface area contributed by atoms with Crippen molar-refractivity contribution in [3.8, 4) is 0 Å². The number of hydrogen-bond acceptors (Lipinski definition) is 3. The lowest BCUT2D eigenvalue weighted by molar-refractivity contribution is -0.428. The lowest BCUT2D eigenvalue weighted by Crippen LogP contribution is -2.27. The molecule has 0 unspecified atom stereocenters. The molecule has 1 saturated carbocycles. The predicted octanol–water partition coefficient (Wildman–Crippen LogP) is 2.17. The maximum absolute atomic E-state index is 11.5. The second-order valence-electron chi connectivity index (χ2n) is 3.97. The molecule has 2 atom stereocenters. The summed E-state index contributed by atoms with van der Waals surface area (Å²) in [5.41, 5.74) is -0.0444. The zero-order chi connectivity index (χ0) is 10.7. The molecule has 1 aliphatic carbocycles. The Morgan fingerprint density at radius 3 is 2.86 bits per heavy atom. The molecule has 4 nitrogen and oxygen atoms in total. The third kappa shape index (κ3) is 2.40. The fourth-order valence-corrected chi connectivity index (χ4v) is 1.95. The van der Waals surface area contributed by atoms with Crippen LogP contribution in [-0.4, -0.2) is 10.7 Å². The van der Waals surface area contributed by atoms with Crippen LogP contribution in [0.15, 0.2) is 12.3 Å². The number of Topliss-reactive ketones (excluding diaryl/α,β-unsaturated/α-hetero) is 1. The van der Waals surface area contributed by atoms with Crippen molar-refractivity contribution in [2.75, 3.05) is 0 Å². The summed E-state index contributed by atoms with van der Waals surface area (Å²) in [6.45, 7) is 5.35. The zero-order valence-corrected chi connectivity index (χ0v) is 8.36. The Bertz CT molecular complexity index is 273. The minimum absolute atomic E-state index is 0.0444. The molecule has 1 aliphatic rings. The number of ketones is 1. The number of rotatable bonds is 3. The van der Waals surface area contributed by atoms with Gasteiger partial charge in [-0.1, -0.05) is 6.92 Å². The lowest BCUT2D eigenvalue weighted by Gasteiger charge is -2.26. The zero-order valence-electron chi connectivity index (χ0n) is 8.36. The number of nitrogens with zero attached hydrogens (tertiary/aromatic N) is 1. The maximum atomic E-state index is 11.5. The summed E-state index contributed by atoms with van der Waals surface area (Å²) in [4.78, 5) is 21.4. The van der Waals surface area contributed by atoms with Crippen LogP contribution >= 0.6 is 0 Å². The van der Waals surface area contributed by atoms with E-state index in [0.717, 1.165) is 12.8 Å². The molecule has 0 radical (unpaired) electrons. The van der Waals surface area contributed by atoms with Gasteiger partial charge >= 0.3 is 0 Å². The molecule has 0 spiro atoms. The van der Waals surface area contributed by atoms with E-state index in [2.05, 4.69) is 6.58 Å². The summed E-state index contributed by atoms with van der Waals surface area (Å²) in [6, 6.07) is 0. The highest BCUT2D eigenvalue weighted by Gasteiger charge is 2.31. The highest BCUT2D eigenvalue weighted by molar-refractivity contribution is 5.82. The molecule has 0 aromatic carbocycles. The Morgan fingerprint density at radius 2 is 2.36 bits per heavy atom. The highest BCUT2D eigenvalue weighted by atomic mass is 16.6. The Labute approximate surface area is 83.1 Å². The van der Waals surface area contributed by atoms with Crippen LogP contribution < -0.4 is 0 Å². The predicted molar refractivity (Wildman–Crippen MR) is 52.3 cm³/mol. The van der Waals surface area contributed by atoms with E-state index < -0.39 is 4.92 Å². The quantitative estimate of drug-likeness (QED) is 0.514. The first kappa shape index (κ1) is 10.9. The van der Waals surface area contributed by atoms with Crippen molar-refractivity contribution in [1.82, 2.24) is 0 Å². The van der Waals surface area contributed by atoms with E-state index in [9.17, 15) is 14.9 Å². The first-order valence-electron chi connectivity index (χ1n) is 4.87. The summed E-state index contributed by atoms with van der Waals surface area (Å²) < 4.78 is 0. The van der Waals surface area contributed by atoms with Crippen LogP contribution in [0.5, 0.6) is 0 Å². The lowest BCUT2D eigenvalue weighted by atomic mass is 9.77. The van der Waals surface area contributed by atoms with Gasteiger partial charge in [0.2, 0.25) is 5.70 Å². The first-order valence-corrected chi connectivity index (χ1v) is 4.87. The van der Waals surface area contributed by atoms with Gasteiger partial charge in [0, 0.05) is 18.8 Å². The molecule has 0 heterocycles. The van der Waals surface area contributed by atoms with Crippen LogP contribution in [-0.2, 0) is 4.79 Å². The minimum atomic E-state index is -0.491. The fourth-order valence-electron chi connectivity index (χ4n) is 1.95. The van der Waals surface area contributed by atoms with E-state index in [-0.39, 0.29) is 29.7 Å². The smallest absolute Gasteiger partial charge is 0.239 e. The molecule has 0 amide bonds. The Morgan fingerprint density at radius 1 is 1.71 bits per heavy atom. The van der Waals surface area contributed by atoms with Crippen molar-refractivity contribution in [3.05, 3.63) is 22.4 Å². The average Bonchev–Trinajstić information content (AvgIpc) is 2.11. The summed E-state index contributed by atoms with van der Waals surface area (Å²) in [5, 5.41) is 10.4. The van der Waals surface area contributed by atoms with E-state index in [4.69, 9.17) is 0 Å². The van der Waals surface area contributed by atoms with Crippen LogP contribution in [0.2, 0.25) is 0 Å². The third-order valence-electron chi connectivity index (χ3n) is 2.90. The van der Waals surface area contributed by atoms with E-state index in [1.54, 1.807) is 0 Å². The van der Waals surface area contributed by atoms with Crippen molar-refractivity contribution in [3.63, 3.8) is 0 Å². The first-order chi connectivity index (χ1) is 6.52. The molecule has 14 heavy (non-hydrogen) atoms. The molecule has 1 rings (SSSR count). The second-order valence-corrected chi connectivity index (χ2v) is 3.97. The van der Waals surface area contributed by atoms with Crippen LogP contribution in [0.4, 0.5) is 0 Å². The summed E-state index contributed by atoms with van der Waals surface area (Å²) >= 11 is 0. The molecule has 78 valence electrons. The molecular formula is C10H15NO3. The average molecular weight is 197 g/mol. The van der Waals surface area contributed by atoms with Crippen molar-refractivity contribution in [2.24, 2.45) is 11.8 Å². The Kier molecular flexibility index (Phi) is 3.38. The topological polar surface area (TPSA) is 60.2 Å². The van der Waals surface area contributed by atoms with Gasteiger partial charge < -0.3 is 0 Å². The van der Waals surface area contributed by atoms with Crippen LogP contribution in [0.1, 0.15) is 32.6 Å². The number of carbonyl (C=O) groups excluding carboxylic acids is 1. The van der Waals surface area contributed by atoms with E-state index >= 15 is 0 Å². The van der Waals surface area contributed by atoms with Gasteiger partial charge in [0.25, 0.3) is 0 Å². The highest BCUT2D eigenvalue weighted by Crippen LogP contribution is 2.31. The van der Waals surface area contributed by atoms with Gasteiger partial charge in [-0.25, -0.2) is 0 Å². The molecule has 0 aromatic rings. The largest absolute Gasteiger partial charge is 0.299 e. The van der Waals surface area contributed by atoms with Gasteiger partial charge in [0.1, 0.15) is 5.78 Å². The molecule has 1 fully saturated rings. The minimum Gasteiger partial charge on any atom is -0.299 e. The SMILES string of the molecule is C=C(C[C@H]1C(=O)CCC[C@@H]1C)[N+](=O)[O-]. The van der Waals surface area contributed by atoms with Gasteiger partial charge in [-0.05, 0) is 25.3 Å². The van der Waals surface area contributed by atoms with Gasteiger partial charge in [-0.15, -0.1) is 0 Å². The molecule has 4 heteroatoms.